The van der Waals surface area contributed by atoms with Gasteiger partial charge in [-0.15, -0.1) is 0 Å². The van der Waals surface area contributed by atoms with Crippen molar-refractivity contribution < 1.29 is 9.63 Å². The summed E-state index contributed by atoms with van der Waals surface area (Å²) < 4.78 is 0. The monoisotopic (exact) mass is 161 g/mol. The summed E-state index contributed by atoms with van der Waals surface area (Å²) >= 11 is 0. The number of para-hydroxylation sites is 1. The van der Waals surface area contributed by atoms with E-state index in [2.05, 4.69) is 5.16 Å². The van der Waals surface area contributed by atoms with E-state index in [0.717, 1.165) is 17.6 Å². The molecule has 0 radical (unpaired) electrons. The molecule has 1 aliphatic rings. The number of fused-ring (bicyclic) bond motifs is 1. The summed E-state index contributed by atoms with van der Waals surface area (Å²) in [6.45, 7) is 0. The second-order valence-electron chi connectivity index (χ2n) is 2.58. The van der Waals surface area contributed by atoms with Gasteiger partial charge in [0.15, 0.2) is 12.0 Å². The van der Waals surface area contributed by atoms with Gasteiger partial charge in [0, 0.05) is 12.0 Å². The first-order valence-corrected chi connectivity index (χ1v) is 3.67. The van der Waals surface area contributed by atoms with Crippen LogP contribution in [-0.4, -0.2) is 12.0 Å². The van der Waals surface area contributed by atoms with Crippen LogP contribution < -0.4 is 4.84 Å². The van der Waals surface area contributed by atoms with Crippen molar-refractivity contribution in [1.82, 2.24) is 0 Å². The molecule has 0 saturated carbocycles. The molecule has 0 unspecified atom stereocenters. The average molecular weight is 161 g/mol. The van der Waals surface area contributed by atoms with Crippen molar-refractivity contribution >= 4 is 12.0 Å². The van der Waals surface area contributed by atoms with E-state index >= 15 is 0 Å². The molecule has 0 aliphatic carbocycles. The fourth-order valence-electron chi connectivity index (χ4n) is 1.14. The third-order valence-electron chi connectivity index (χ3n) is 1.74. The van der Waals surface area contributed by atoms with E-state index in [1.807, 2.05) is 24.3 Å². The molecule has 3 nitrogen and oxygen atoms in total. The standard InChI is InChI=1S/C9H7NO2/c11-6-8-5-7-3-1-2-4-9(7)12-10-8/h1-4,6H,5H2. The Bertz CT molecular complexity index is 344. The van der Waals surface area contributed by atoms with Gasteiger partial charge in [-0.1, -0.05) is 23.4 Å². The topological polar surface area (TPSA) is 38.7 Å². The number of aldehydes is 1. The molecule has 60 valence electrons. The number of oxime groups is 1. The zero-order valence-electron chi connectivity index (χ0n) is 6.36. The summed E-state index contributed by atoms with van der Waals surface area (Å²) in [6.07, 6.45) is 1.29. The molecular formula is C9H7NO2. The Morgan fingerprint density at radius 1 is 1.42 bits per heavy atom. The fraction of sp³-hybridized carbons (Fsp3) is 0.111. The van der Waals surface area contributed by atoms with Crippen LogP contribution >= 0.6 is 0 Å². The predicted octanol–water partition coefficient (Wildman–Crippen LogP) is 1.18. The van der Waals surface area contributed by atoms with Crippen LogP contribution in [0.2, 0.25) is 0 Å². The van der Waals surface area contributed by atoms with Crippen LogP contribution in [0.25, 0.3) is 0 Å². The molecule has 1 aromatic rings. The minimum Gasteiger partial charge on any atom is -0.356 e. The van der Waals surface area contributed by atoms with E-state index in [1.54, 1.807) is 0 Å². The molecule has 0 saturated heterocycles. The van der Waals surface area contributed by atoms with Crippen LogP contribution in [0.5, 0.6) is 5.75 Å². The van der Waals surface area contributed by atoms with Crippen LogP contribution in [-0.2, 0) is 11.2 Å². The van der Waals surface area contributed by atoms with Crippen molar-refractivity contribution in [3.8, 4) is 5.75 Å². The Hall–Kier alpha value is -1.64. The molecule has 0 bridgehead atoms. The van der Waals surface area contributed by atoms with Gasteiger partial charge in [0.1, 0.15) is 5.71 Å². The number of hydrogen-bond donors (Lipinski definition) is 0. The van der Waals surface area contributed by atoms with Crippen molar-refractivity contribution in [3.05, 3.63) is 29.8 Å². The van der Waals surface area contributed by atoms with E-state index in [4.69, 9.17) is 4.84 Å². The van der Waals surface area contributed by atoms with Gasteiger partial charge in [-0.2, -0.15) is 0 Å². The van der Waals surface area contributed by atoms with Crippen molar-refractivity contribution in [2.24, 2.45) is 5.16 Å². The highest BCUT2D eigenvalue weighted by molar-refractivity contribution is 6.29. The number of carbonyl (C=O) groups excluding carboxylic acids is 1. The number of nitrogens with zero attached hydrogens (tertiary/aromatic N) is 1. The third-order valence-corrected chi connectivity index (χ3v) is 1.74. The molecule has 1 heterocycles. The van der Waals surface area contributed by atoms with Crippen LogP contribution in [0.1, 0.15) is 5.56 Å². The van der Waals surface area contributed by atoms with Gasteiger partial charge in [0.25, 0.3) is 0 Å². The first-order valence-electron chi connectivity index (χ1n) is 3.67. The minimum absolute atomic E-state index is 0.439. The maximum atomic E-state index is 10.4. The summed E-state index contributed by atoms with van der Waals surface area (Å²) in [6, 6.07) is 7.55. The van der Waals surface area contributed by atoms with E-state index < -0.39 is 0 Å². The second-order valence-corrected chi connectivity index (χ2v) is 2.58. The maximum absolute atomic E-state index is 10.4. The van der Waals surface area contributed by atoms with Gasteiger partial charge in [0.2, 0.25) is 0 Å². The molecule has 0 fully saturated rings. The van der Waals surface area contributed by atoms with Gasteiger partial charge >= 0.3 is 0 Å². The number of rotatable bonds is 1. The smallest absolute Gasteiger partial charge is 0.168 e. The molecular weight excluding hydrogens is 154 g/mol. The number of benzene rings is 1. The minimum atomic E-state index is 0.439. The lowest BCUT2D eigenvalue weighted by molar-refractivity contribution is -0.102. The van der Waals surface area contributed by atoms with Crippen molar-refractivity contribution in [2.45, 2.75) is 6.42 Å². The normalized spacial score (nSPS) is 14.2. The molecule has 1 aliphatic heterocycles. The maximum Gasteiger partial charge on any atom is 0.168 e. The Kier molecular flexibility index (Phi) is 1.63. The third kappa shape index (κ3) is 1.09. The zero-order valence-corrected chi connectivity index (χ0v) is 6.36. The van der Waals surface area contributed by atoms with Crippen molar-refractivity contribution in [3.63, 3.8) is 0 Å². The lowest BCUT2D eigenvalue weighted by Crippen LogP contribution is -2.12. The SMILES string of the molecule is O=CC1=NOc2ccccc2C1. The first-order chi connectivity index (χ1) is 5.90. The molecule has 12 heavy (non-hydrogen) atoms. The largest absolute Gasteiger partial charge is 0.356 e. The van der Waals surface area contributed by atoms with Gasteiger partial charge in [-0.3, -0.25) is 4.79 Å². The molecule has 1 aromatic carbocycles. The Morgan fingerprint density at radius 2 is 2.25 bits per heavy atom. The summed E-state index contributed by atoms with van der Waals surface area (Å²) in [5, 5.41) is 3.64. The van der Waals surface area contributed by atoms with E-state index in [9.17, 15) is 4.79 Å². The van der Waals surface area contributed by atoms with Crippen molar-refractivity contribution in [1.29, 1.82) is 0 Å². The second kappa shape index (κ2) is 2.77. The van der Waals surface area contributed by atoms with Crippen LogP contribution in [0.3, 0.4) is 0 Å². The van der Waals surface area contributed by atoms with Crippen molar-refractivity contribution in [2.75, 3.05) is 0 Å². The summed E-state index contributed by atoms with van der Waals surface area (Å²) in [5.74, 6) is 0.739. The van der Waals surface area contributed by atoms with Crippen LogP contribution in [0.4, 0.5) is 0 Å². The summed E-state index contributed by atoms with van der Waals surface area (Å²) in [5.41, 5.74) is 1.45. The highest BCUT2D eigenvalue weighted by atomic mass is 16.6. The molecule has 0 aromatic heterocycles. The van der Waals surface area contributed by atoms with E-state index in [0.29, 0.717) is 12.1 Å². The van der Waals surface area contributed by atoms with E-state index in [1.165, 1.54) is 0 Å². The predicted molar refractivity (Wildman–Crippen MR) is 44.3 cm³/mol. The van der Waals surface area contributed by atoms with Gasteiger partial charge in [-0.05, 0) is 6.07 Å². The number of hydrogen-bond acceptors (Lipinski definition) is 3. The Balaban J connectivity index is 2.36. The summed E-state index contributed by atoms with van der Waals surface area (Å²) in [7, 11) is 0. The Labute approximate surface area is 69.6 Å². The fourth-order valence-corrected chi connectivity index (χ4v) is 1.14. The summed E-state index contributed by atoms with van der Waals surface area (Å²) in [4.78, 5) is 15.3. The number of carbonyl (C=O) groups is 1. The molecule has 0 amide bonds. The van der Waals surface area contributed by atoms with E-state index in [-0.39, 0.29) is 0 Å². The Morgan fingerprint density at radius 3 is 3.08 bits per heavy atom. The highest BCUT2D eigenvalue weighted by Gasteiger charge is 2.12. The van der Waals surface area contributed by atoms with Crippen LogP contribution in [0, 0.1) is 0 Å². The first kappa shape index (κ1) is 7.03. The lowest BCUT2D eigenvalue weighted by atomic mass is 10.1. The van der Waals surface area contributed by atoms with Gasteiger partial charge < -0.3 is 4.84 Å². The quantitative estimate of drug-likeness (QED) is 0.580. The van der Waals surface area contributed by atoms with Gasteiger partial charge in [-0.25, -0.2) is 0 Å². The van der Waals surface area contributed by atoms with Crippen LogP contribution in [0.15, 0.2) is 29.4 Å². The molecule has 0 spiro atoms. The molecule has 3 heteroatoms. The lowest BCUT2D eigenvalue weighted by Gasteiger charge is -2.11. The molecule has 0 atom stereocenters. The molecule has 0 N–H and O–H groups in total. The molecule has 2 rings (SSSR count). The highest BCUT2D eigenvalue weighted by Crippen LogP contribution is 2.21. The average Bonchev–Trinajstić information content (AvgIpc) is 2.17. The zero-order chi connectivity index (χ0) is 8.39. The van der Waals surface area contributed by atoms with Gasteiger partial charge in [0.05, 0.1) is 0 Å².